The van der Waals surface area contributed by atoms with E-state index in [1.165, 1.54) is 13.8 Å². The third kappa shape index (κ3) is 40.2. The van der Waals surface area contributed by atoms with Crippen molar-refractivity contribution >= 4 is 154 Å². The fourth-order valence-corrected chi connectivity index (χ4v) is 14.1. The lowest BCUT2D eigenvalue weighted by Crippen LogP contribution is -2.47. The molecular formula is C64H93Cl6N7O22P4S4. The summed E-state index contributed by atoms with van der Waals surface area (Å²) in [4.78, 5) is 82.3. The number of aliphatic hydroxyl groups excluding tert-OH is 3. The second kappa shape index (κ2) is 48.6. The van der Waals surface area contributed by atoms with E-state index in [0.717, 1.165) is 33.7 Å². The number of rotatable bonds is 22. The molecule has 2 aliphatic heterocycles. The molecular weight excluding hydrogens is 1680 g/mol. The number of phenols is 1. The van der Waals surface area contributed by atoms with Gasteiger partial charge in [-0.2, -0.15) is 0 Å². The Hall–Kier alpha value is -4.25. The van der Waals surface area contributed by atoms with Crippen LogP contribution in [0.2, 0.25) is 0 Å². The molecule has 0 radical (unpaired) electrons. The zero-order valence-corrected chi connectivity index (χ0v) is 69.5. The van der Waals surface area contributed by atoms with Crippen molar-refractivity contribution in [3.8, 4) is 23.0 Å². The van der Waals surface area contributed by atoms with E-state index < -0.39 is 129 Å². The van der Waals surface area contributed by atoms with Crippen LogP contribution in [-0.2, 0) is 89.8 Å². The van der Waals surface area contributed by atoms with Gasteiger partial charge in [0.05, 0.1) is 31.5 Å². The van der Waals surface area contributed by atoms with Crippen LogP contribution in [0, 0.1) is 0 Å². The maximum atomic E-state index is 12.4. The van der Waals surface area contributed by atoms with Gasteiger partial charge in [-0.25, -0.2) is 19.8 Å². The number of hydrogen-bond donors (Lipinski definition) is 11. The number of carbonyl (C=O) groups is 3. The van der Waals surface area contributed by atoms with E-state index in [9.17, 15) is 54.0 Å². The molecule has 0 saturated carbocycles. The molecule has 2 aromatic heterocycles. The number of hydrogen-bond acceptors (Lipinski definition) is 27. The van der Waals surface area contributed by atoms with Crippen LogP contribution in [0.5, 0.6) is 23.0 Å². The molecule has 0 amide bonds. The number of aromatic nitrogens is 4. The summed E-state index contributed by atoms with van der Waals surface area (Å²) in [6.07, 6.45) is -5.75. The Kier molecular flexibility index (Phi) is 46.7. The van der Waals surface area contributed by atoms with E-state index in [1.807, 2.05) is 47.4 Å². The number of esters is 3. The fourth-order valence-electron chi connectivity index (χ4n) is 8.13. The summed E-state index contributed by atoms with van der Waals surface area (Å²) in [6.45, 7) is 13.7. The number of nitrogens with one attached hydrogen (secondary N) is 4. The number of nitrogens with zero attached hydrogens (tertiary/aromatic N) is 2. The molecule has 13 atom stereocenters. The number of carbonyl (C=O) groups excluding carboxylic acids is 3. The molecule has 6 aromatic rings. The molecule has 12 N–H and O–H groups in total. The van der Waals surface area contributed by atoms with Crippen LogP contribution in [0.15, 0.2) is 165 Å². The number of aromatic hydroxyl groups is 1. The second-order valence-electron chi connectivity index (χ2n) is 23.2. The number of nitrogens with two attached hydrogens (primary N) is 1. The lowest BCUT2D eigenvalue weighted by Gasteiger charge is -2.28. The third-order valence-electron chi connectivity index (χ3n) is 12.8. The Balaban J connectivity index is 0.00000135. The summed E-state index contributed by atoms with van der Waals surface area (Å²) < 4.78 is 47.9. The molecule has 2 saturated heterocycles. The molecule has 0 bridgehead atoms. The lowest BCUT2D eigenvalue weighted by molar-refractivity contribution is -0.149. The molecule has 1 unspecified atom stereocenters. The highest BCUT2D eigenvalue weighted by atomic mass is 36.1. The van der Waals surface area contributed by atoms with E-state index >= 15 is 0 Å². The van der Waals surface area contributed by atoms with Gasteiger partial charge in [-0.05, 0) is 206 Å². The minimum Gasteiger partial charge on any atom is -0.508 e. The van der Waals surface area contributed by atoms with E-state index in [1.54, 1.807) is 141 Å². The van der Waals surface area contributed by atoms with Crippen LogP contribution >= 0.6 is 88.9 Å². The van der Waals surface area contributed by atoms with Gasteiger partial charge in [0.25, 0.3) is 21.9 Å². The molecule has 43 heteroatoms. The summed E-state index contributed by atoms with van der Waals surface area (Å²) >= 11 is 51.9. The summed E-state index contributed by atoms with van der Waals surface area (Å²) in [7, 11) is 0. The number of H-pyrrole nitrogens is 2. The van der Waals surface area contributed by atoms with Gasteiger partial charge in [0.2, 0.25) is 4.10 Å². The molecule has 0 spiro atoms. The number of benzene rings is 4. The quantitative estimate of drug-likeness (QED) is 0.0171. The zero-order chi connectivity index (χ0) is 80.0. The van der Waals surface area contributed by atoms with E-state index in [2.05, 4.69) is 38.8 Å². The van der Waals surface area contributed by atoms with Crippen molar-refractivity contribution in [2.45, 2.75) is 176 Å². The van der Waals surface area contributed by atoms with Crippen molar-refractivity contribution in [2.75, 3.05) is 13.2 Å². The first-order valence-corrected chi connectivity index (χ1v) is 47.3. The van der Waals surface area contributed by atoms with E-state index in [-0.39, 0.29) is 45.7 Å². The Morgan fingerprint density at radius 1 is 0.551 bits per heavy atom. The molecule has 602 valence electrons. The Morgan fingerprint density at radius 2 is 0.879 bits per heavy atom. The molecule has 107 heavy (non-hydrogen) atoms. The number of para-hydroxylation sites is 4. The Bertz CT molecular complexity index is 4100. The Morgan fingerprint density at radius 3 is 1.19 bits per heavy atom. The van der Waals surface area contributed by atoms with Gasteiger partial charge < -0.3 is 78.2 Å². The SMILES string of the molecule is C.C.CC(C)OC(=O)[C@H](C)N.CC(C)OC(=O)[C@H](C)NP(=S)(Cl)Oc1ccccc1.CC(C)OC(=O)[C@H](C)N[P@](=S)(OC[C@H]1O[C@@H](n2ccc(=O)[nH]c2=O)[C@](C)(O)[C@@H]1O)Oc1ccccc1.C[C@@]1(O)[C@H](O)[C@@H](CO)O[C@H]1n1ccc(=O)[nH]c1=O.Oc1ccccc1.S=P(Cl)(Cl)Cl.S=P(Cl)(Cl)Oc1ccccc1. The van der Waals surface area contributed by atoms with Crippen LogP contribution < -0.4 is 52.0 Å². The van der Waals surface area contributed by atoms with Crippen molar-refractivity contribution in [3.05, 3.63) is 188 Å². The normalized spacial score (nSPS) is 21.1. The van der Waals surface area contributed by atoms with Gasteiger partial charge in [0.15, 0.2) is 12.5 Å². The smallest absolute Gasteiger partial charge is 0.330 e. The minimum absolute atomic E-state index is 0. The lowest BCUT2D eigenvalue weighted by atomic mass is 9.96. The molecule has 2 aliphatic rings. The number of halogens is 6. The standard InChI is InChI=1S/C22H30N3O9PS.C12H17ClNO3PS.C10H14N2O6.C6H5Cl2OPS.C6H13NO2.C6H6O.2CH4.Cl3PS/c1-13(2)32-19(28)14(3)24-35(36,34-15-8-6-5-7-9-15)31-12-16-18(27)22(4,30)20(33-16)25-11-10-17(26)23-21(25)29;1-9(2)16-12(15)10(3)14-18(13,19)17-11-7-5-4-6-8-11;1-10(17)7(15)5(4-13)18-8(10)12-3-2-6(14)11-9(12)16;7-10(8,11)9-6-4-2-1-3-5-6;1-4(2)9-6(8)5(3)7;7-6-4-2-1-3-5-6;;;1-4(2,3)5/h5-11,13-14,16,18,20,27,30H,12H2,1-4H3,(H,24,36)(H,23,26,29);4-10H,1-3H3,(H,14,19);2-3,5,7-8,13,15,17H,4H2,1H3,(H,11,14,16);1-5H;4-5H,7H2,1-3H3;1-5,7H;2*1H4;/t14-,16+,18+,20+,22+,35-;10-,18?;5-,7-,8-,10-;;5-;;;;/m001.0..../s1. The number of phenolic OH excluding ortho intramolecular Hbond substituents is 1. The number of aliphatic hydroxyl groups is 5. The molecule has 8 rings (SSSR count). The first-order valence-electron chi connectivity index (χ1n) is 31.0. The zero-order valence-electron chi connectivity index (χ0n) is 58.1. The summed E-state index contributed by atoms with van der Waals surface area (Å²) in [6, 6.07) is 35.5. The second-order valence-corrected chi connectivity index (χ2v) is 48.8. The Labute approximate surface area is 670 Å². The van der Waals surface area contributed by atoms with Gasteiger partial charge in [-0.1, -0.05) is 121 Å². The molecule has 4 aromatic carbocycles. The van der Waals surface area contributed by atoms with Crippen molar-refractivity contribution in [3.63, 3.8) is 0 Å². The van der Waals surface area contributed by atoms with Crippen molar-refractivity contribution < 1.29 is 86.8 Å². The van der Waals surface area contributed by atoms with Crippen LogP contribution in [0.25, 0.3) is 0 Å². The molecule has 0 aliphatic carbocycles. The van der Waals surface area contributed by atoms with Crippen molar-refractivity contribution in [2.24, 2.45) is 5.73 Å². The van der Waals surface area contributed by atoms with Crippen LogP contribution in [0.1, 0.15) is 103 Å². The van der Waals surface area contributed by atoms with E-state index in [0.29, 0.717) is 23.0 Å². The molecule has 29 nitrogen and oxygen atoms in total. The van der Waals surface area contributed by atoms with E-state index in [4.69, 9.17) is 149 Å². The topological polar surface area (TPSA) is 415 Å². The average Bonchev–Trinajstić information content (AvgIpc) is 1.62. The first kappa shape index (κ1) is 103. The van der Waals surface area contributed by atoms with Gasteiger partial charge in [0.1, 0.15) is 76.7 Å². The highest BCUT2D eigenvalue weighted by Gasteiger charge is 2.55. The monoisotopic (exact) mass is 1770 g/mol. The van der Waals surface area contributed by atoms with Gasteiger partial charge in [-0.3, -0.25) is 43.1 Å². The summed E-state index contributed by atoms with van der Waals surface area (Å²) in [5, 5.41) is 64.9. The maximum absolute atomic E-state index is 12.4. The summed E-state index contributed by atoms with van der Waals surface area (Å²) in [5.41, 5.74) is -1.24. The van der Waals surface area contributed by atoms with Crippen molar-refractivity contribution in [1.82, 2.24) is 29.3 Å². The van der Waals surface area contributed by atoms with Gasteiger partial charge in [0, 0.05) is 24.5 Å². The largest absolute Gasteiger partial charge is 0.508 e. The average molecular weight is 1780 g/mol. The van der Waals surface area contributed by atoms with Crippen LogP contribution in [0.3, 0.4) is 0 Å². The maximum Gasteiger partial charge on any atom is 0.330 e. The van der Waals surface area contributed by atoms with Gasteiger partial charge in [-0.15, -0.1) is 0 Å². The number of aromatic amines is 2. The predicted octanol–water partition coefficient (Wildman–Crippen LogP) is 11.4. The van der Waals surface area contributed by atoms with Crippen LogP contribution in [0.4, 0.5) is 0 Å². The molecule has 4 heterocycles. The highest BCUT2D eigenvalue weighted by molar-refractivity contribution is 8.50. The highest BCUT2D eigenvalue weighted by Crippen LogP contribution is 2.62. The number of ether oxygens (including phenoxy) is 5. The van der Waals surface area contributed by atoms with Crippen LogP contribution in [-0.4, -0.2) is 153 Å². The predicted molar refractivity (Wildman–Crippen MR) is 434 cm³/mol. The fraction of sp³-hybridized carbons (Fsp3) is 0.453. The molecule has 2 fully saturated rings. The third-order valence-corrected chi connectivity index (χ3v) is 18.5. The first-order chi connectivity index (χ1) is 48.5. The minimum atomic E-state index is -3.43. The van der Waals surface area contributed by atoms with Gasteiger partial charge >= 0.3 is 35.9 Å². The summed E-state index contributed by atoms with van der Waals surface area (Å²) in [5.74, 6) is -2.23. The van der Waals surface area contributed by atoms with Crippen molar-refractivity contribution in [1.29, 1.82) is 0 Å².